The Bertz CT molecular complexity index is 1060. The molecule has 0 N–H and O–H groups in total. The van der Waals surface area contributed by atoms with Crippen molar-refractivity contribution in [2.24, 2.45) is 0 Å². The van der Waals surface area contributed by atoms with Gasteiger partial charge in [-0.15, -0.1) is 0 Å². The van der Waals surface area contributed by atoms with E-state index in [1.807, 2.05) is 0 Å². The van der Waals surface area contributed by atoms with Crippen LogP contribution in [-0.2, 0) is 6.18 Å². The van der Waals surface area contributed by atoms with E-state index in [0.29, 0.717) is 11.3 Å². The number of hydrogen-bond acceptors (Lipinski definition) is 6. The fourth-order valence-electron chi connectivity index (χ4n) is 2.70. The Morgan fingerprint density at radius 2 is 1.89 bits per heavy atom. The molecule has 0 amide bonds. The number of aromatic nitrogens is 4. The molecular formula is C17H14F3N5O3. The van der Waals surface area contributed by atoms with Crippen molar-refractivity contribution in [3.63, 3.8) is 0 Å². The van der Waals surface area contributed by atoms with E-state index in [0.717, 1.165) is 10.7 Å². The van der Waals surface area contributed by atoms with E-state index in [2.05, 4.69) is 15.1 Å². The first-order valence-corrected chi connectivity index (χ1v) is 7.93. The highest BCUT2D eigenvalue weighted by Gasteiger charge is 2.35. The van der Waals surface area contributed by atoms with Crippen molar-refractivity contribution in [2.45, 2.75) is 20.0 Å². The van der Waals surface area contributed by atoms with Gasteiger partial charge in [0.25, 0.3) is 5.95 Å². The molecule has 0 spiro atoms. The second kappa shape index (κ2) is 6.91. The summed E-state index contributed by atoms with van der Waals surface area (Å²) in [7, 11) is 1.43. The Morgan fingerprint density at radius 1 is 1.18 bits per heavy atom. The zero-order chi connectivity index (χ0) is 20.6. The van der Waals surface area contributed by atoms with Crippen LogP contribution in [0.25, 0.3) is 17.2 Å². The van der Waals surface area contributed by atoms with Gasteiger partial charge in [-0.3, -0.25) is 10.1 Å². The molecule has 11 heteroatoms. The Labute approximate surface area is 156 Å². The molecule has 0 saturated carbocycles. The lowest BCUT2D eigenvalue weighted by atomic mass is 10.1. The van der Waals surface area contributed by atoms with Gasteiger partial charge in [-0.25, -0.2) is 9.97 Å². The van der Waals surface area contributed by atoms with E-state index >= 15 is 0 Å². The van der Waals surface area contributed by atoms with Gasteiger partial charge >= 0.3 is 11.9 Å². The minimum Gasteiger partial charge on any atom is -0.497 e. The maximum Gasteiger partial charge on any atom is 0.433 e. The predicted molar refractivity (Wildman–Crippen MR) is 92.3 cm³/mol. The topological polar surface area (TPSA) is 96.0 Å². The summed E-state index contributed by atoms with van der Waals surface area (Å²) >= 11 is 0. The summed E-state index contributed by atoms with van der Waals surface area (Å²) in [6.07, 6.45) is -4.74. The van der Waals surface area contributed by atoms with E-state index in [-0.39, 0.29) is 22.8 Å². The molecule has 0 aliphatic carbocycles. The summed E-state index contributed by atoms with van der Waals surface area (Å²) in [5.74, 6) is 0.0225. The van der Waals surface area contributed by atoms with Crippen LogP contribution in [0.4, 0.5) is 18.9 Å². The van der Waals surface area contributed by atoms with E-state index in [1.165, 1.54) is 27.0 Å². The monoisotopic (exact) mass is 393 g/mol. The van der Waals surface area contributed by atoms with E-state index in [4.69, 9.17) is 4.74 Å². The summed E-state index contributed by atoms with van der Waals surface area (Å²) in [5.41, 5.74) is -1.07. The Hall–Kier alpha value is -3.50. The summed E-state index contributed by atoms with van der Waals surface area (Å²) in [6, 6.07) is 7.14. The number of nitro groups is 1. The Balaban J connectivity index is 2.25. The van der Waals surface area contributed by atoms with Gasteiger partial charge in [-0.2, -0.15) is 23.0 Å². The molecule has 0 aliphatic heterocycles. The molecule has 0 bridgehead atoms. The minimum absolute atomic E-state index is 0.0218. The number of methoxy groups -OCH3 is 1. The second-order valence-corrected chi connectivity index (χ2v) is 5.86. The molecule has 28 heavy (non-hydrogen) atoms. The highest BCUT2D eigenvalue weighted by molar-refractivity contribution is 5.62. The molecular weight excluding hydrogens is 379 g/mol. The number of rotatable bonds is 4. The van der Waals surface area contributed by atoms with Gasteiger partial charge in [0.15, 0.2) is 5.69 Å². The van der Waals surface area contributed by atoms with E-state index in [1.54, 1.807) is 18.2 Å². The number of ether oxygens (including phenoxy) is 1. The molecule has 0 saturated heterocycles. The van der Waals surface area contributed by atoms with Crippen LogP contribution < -0.4 is 4.74 Å². The molecule has 0 radical (unpaired) electrons. The van der Waals surface area contributed by atoms with E-state index in [9.17, 15) is 23.3 Å². The van der Waals surface area contributed by atoms with Gasteiger partial charge in [0.2, 0.25) is 0 Å². The van der Waals surface area contributed by atoms with Crippen molar-refractivity contribution in [1.82, 2.24) is 19.7 Å². The molecule has 2 aromatic heterocycles. The van der Waals surface area contributed by atoms with Gasteiger partial charge in [-0.1, -0.05) is 12.1 Å². The quantitative estimate of drug-likeness (QED) is 0.493. The van der Waals surface area contributed by atoms with Crippen LogP contribution in [0.1, 0.15) is 17.1 Å². The number of halogens is 3. The van der Waals surface area contributed by atoms with Crippen molar-refractivity contribution in [2.75, 3.05) is 7.11 Å². The van der Waals surface area contributed by atoms with Crippen LogP contribution in [0.2, 0.25) is 0 Å². The highest BCUT2D eigenvalue weighted by atomic mass is 19.4. The fraction of sp³-hybridized carbons (Fsp3) is 0.235. The molecule has 146 valence electrons. The van der Waals surface area contributed by atoms with Gasteiger partial charge in [0, 0.05) is 5.56 Å². The molecule has 0 atom stereocenters. The van der Waals surface area contributed by atoms with Gasteiger partial charge in [0.05, 0.1) is 17.7 Å². The molecule has 0 unspecified atom stereocenters. The lowest BCUT2D eigenvalue weighted by Crippen LogP contribution is -2.14. The molecule has 1 aromatic carbocycles. The standard InChI is InChI=1S/C17H14F3N5O3/c1-9-15(25(26)27)10(2)24(23-9)16-21-13(8-14(22-16)17(18,19)20)11-5-4-6-12(7-11)28-3/h4-8H,1-3H3. The molecule has 3 rings (SSSR count). The van der Waals surface area contributed by atoms with Crippen molar-refractivity contribution >= 4 is 5.69 Å². The van der Waals surface area contributed by atoms with E-state index < -0.39 is 22.7 Å². The lowest BCUT2D eigenvalue weighted by molar-refractivity contribution is -0.386. The van der Waals surface area contributed by atoms with Crippen LogP contribution in [0.15, 0.2) is 30.3 Å². The summed E-state index contributed by atoms with van der Waals surface area (Å²) in [5, 5.41) is 15.1. The third-order valence-electron chi connectivity index (χ3n) is 4.00. The predicted octanol–water partition coefficient (Wildman–Crippen LogP) is 3.88. The molecule has 0 aliphatic rings. The zero-order valence-corrected chi connectivity index (χ0v) is 15.0. The number of benzene rings is 1. The van der Waals surface area contributed by atoms with Gasteiger partial charge < -0.3 is 4.74 Å². The van der Waals surface area contributed by atoms with Crippen LogP contribution in [-0.4, -0.2) is 31.8 Å². The first kappa shape index (κ1) is 19.3. The van der Waals surface area contributed by atoms with Crippen molar-refractivity contribution in [1.29, 1.82) is 0 Å². The SMILES string of the molecule is COc1cccc(-c2cc(C(F)(F)F)nc(-n3nc(C)c([N+](=O)[O-])c3C)n2)c1. The zero-order valence-electron chi connectivity index (χ0n) is 15.0. The van der Waals surface area contributed by atoms with Crippen LogP contribution in [0.3, 0.4) is 0 Å². The highest BCUT2D eigenvalue weighted by Crippen LogP contribution is 2.32. The largest absolute Gasteiger partial charge is 0.497 e. The Morgan fingerprint density at radius 3 is 2.46 bits per heavy atom. The minimum atomic E-state index is -4.74. The first-order valence-electron chi connectivity index (χ1n) is 7.93. The normalized spacial score (nSPS) is 11.5. The summed E-state index contributed by atoms with van der Waals surface area (Å²) in [6.45, 7) is 2.76. The number of aryl methyl sites for hydroxylation is 1. The number of alkyl halides is 3. The maximum absolute atomic E-state index is 13.4. The van der Waals surface area contributed by atoms with Gasteiger partial charge in [-0.05, 0) is 32.0 Å². The Kier molecular flexibility index (Phi) is 4.75. The van der Waals surface area contributed by atoms with Crippen LogP contribution >= 0.6 is 0 Å². The number of nitrogens with zero attached hydrogens (tertiary/aromatic N) is 5. The van der Waals surface area contributed by atoms with Crippen LogP contribution in [0, 0.1) is 24.0 Å². The van der Waals surface area contributed by atoms with Gasteiger partial charge in [0.1, 0.15) is 17.1 Å². The fourth-order valence-corrected chi connectivity index (χ4v) is 2.70. The lowest BCUT2D eigenvalue weighted by Gasteiger charge is -2.11. The summed E-state index contributed by atoms with van der Waals surface area (Å²) < 4.78 is 46.2. The third-order valence-corrected chi connectivity index (χ3v) is 4.00. The maximum atomic E-state index is 13.4. The second-order valence-electron chi connectivity index (χ2n) is 5.86. The van der Waals surface area contributed by atoms with Crippen LogP contribution in [0.5, 0.6) is 5.75 Å². The summed E-state index contributed by atoms with van der Waals surface area (Å²) in [4.78, 5) is 18.2. The first-order chi connectivity index (χ1) is 13.1. The average molecular weight is 393 g/mol. The molecule has 0 fully saturated rings. The van der Waals surface area contributed by atoms with Crippen molar-refractivity contribution < 1.29 is 22.8 Å². The number of hydrogen-bond donors (Lipinski definition) is 0. The molecule has 8 nitrogen and oxygen atoms in total. The average Bonchev–Trinajstić information content (AvgIpc) is 2.95. The van der Waals surface area contributed by atoms with Crippen molar-refractivity contribution in [3.8, 4) is 23.0 Å². The van der Waals surface area contributed by atoms with Crippen molar-refractivity contribution in [3.05, 3.63) is 57.5 Å². The molecule has 3 aromatic rings. The molecule has 2 heterocycles. The smallest absolute Gasteiger partial charge is 0.433 e. The third kappa shape index (κ3) is 3.50.